The van der Waals surface area contributed by atoms with Crippen LogP contribution in [0.15, 0.2) is 36.0 Å². The quantitative estimate of drug-likeness (QED) is 0.461. The minimum absolute atomic E-state index is 0.0631. The van der Waals surface area contributed by atoms with Gasteiger partial charge in [0.2, 0.25) is 0 Å². The van der Waals surface area contributed by atoms with E-state index >= 15 is 0 Å². The first-order valence-electron chi connectivity index (χ1n) is 6.54. The lowest BCUT2D eigenvalue weighted by atomic mass is 10.2. The van der Waals surface area contributed by atoms with E-state index in [9.17, 15) is 4.79 Å². The van der Waals surface area contributed by atoms with Crippen molar-refractivity contribution in [3.8, 4) is 6.07 Å². The van der Waals surface area contributed by atoms with E-state index < -0.39 is 0 Å². The molecule has 0 aromatic heterocycles. The van der Waals surface area contributed by atoms with Gasteiger partial charge >= 0.3 is 0 Å². The third-order valence-electron chi connectivity index (χ3n) is 2.68. The van der Waals surface area contributed by atoms with Crippen LogP contribution >= 0.6 is 11.6 Å². The molecule has 0 saturated carbocycles. The van der Waals surface area contributed by atoms with Crippen molar-refractivity contribution in [2.24, 2.45) is 0 Å². The van der Waals surface area contributed by atoms with E-state index in [1.54, 1.807) is 6.07 Å². The maximum Gasteiger partial charge on any atom is 0.263 e. The monoisotopic (exact) mass is 291 g/mol. The van der Waals surface area contributed by atoms with Crippen molar-refractivity contribution in [1.82, 2.24) is 10.6 Å². The zero-order valence-electron chi connectivity index (χ0n) is 11.4. The van der Waals surface area contributed by atoms with Crippen molar-refractivity contribution in [3.63, 3.8) is 0 Å². The molecule has 1 aromatic rings. The minimum Gasteiger partial charge on any atom is -0.386 e. The van der Waals surface area contributed by atoms with Crippen LogP contribution in [0, 0.1) is 11.3 Å². The lowest BCUT2D eigenvalue weighted by Gasteiger charge is -2.05. The predicted octanol–water partition coefficient (Wildman–Crippen LogP) is 2.75. The Labute approximate surface area is 124 Å². The fourth-order valence-corrected chi connectivity index (χ4v) is 1.73. The summed E-state index contributed by atoms with van der Waals surface area (Å²) in [6, 6.07) is 9.30. The summed E-state index contributed by atoms with van der Waals surface area (Å²) in [6.07, 6.45) is 3.32. The van der Waals surface area contributed by atoms with Gasteiger partial charge in [-0.3, -0.25) is 4.79 Å². The molecule has 0 atom stereocenters. The van der Waals surface area contributed by atoms with Gasteiger partial charge in [-0.25, -0.2) is 0 Å². The molecule has 0 aliphatic heterocycles. The van der Waals surface area contributed by atoms with Crippen molar-refractivity contribution in [3.05, 3.63) is 46.6 Å². The lowest BCUT2D eigenvalue weighted by molar-refractivity contribution is -0.117. The molecule has 0 aliphatic carbocycles. The number of amides is 1. The van der Waals surface area contributed by atoms with Crippen LogP contribution in [0.2, 0.25) is 5.02 Å². The van der Waals surface area contributed by atoms with Crippen LogP contribution in [0.1, 0.15) is 25.3 Å². The molecule has 20 heavy (non-hydrogen) atoms. The summed E-state index contributed by atoms with van der Waals surface area (Å²) in [5, 5.41) is 15.2. The molecule has 1 amide bonds. The van der Waals surface area contributed by atoms with Crippen molar-refractivity contribution in [1.29, 1.82) is 5.26 Å². The summed E-state index contributed by atoms with van der Waals surface area (Å²) in [4.78, 5) is 11.7. The molecule has 2 N–H and O–H groups in total. The standard InChI is InChI=1S/C15H18ClN3O/c1-2-3-8-19-15(20)13(9-17)11-18-10-12-6-4-5-7-14(12)16/h4-7,11,18H,2-3,8,10H2,1H3,(H,19,20)/b13-11-. The van der Waals surface area contributed by atoms with Gasteiger partial charge in [0.05, 0.1) is 0 Å². The summed E-state index contributed by atoms with van der Waals surface area (Å²) >= 11 is 6.02. The number of carbonyl (C=O) groups is 1. The third kappa shape index (κ3) is 5.33. The van der Waals surface area contributed by atoms with Gasteiger partial charge in [-0.2, -0.15) is 5.26 Å². The number of hydrogen-bond acceptors (Lipinski definition) is 3. The molecule has 4 nitrogen and oxygen atoms in total. The van der Waals surface area contributed by atoms with Gasteiger partial charge in [-0.05, 0) is 18.1 Å². The molecule has 0 bridgehead atoms. The van der Waals surface area contributed by atoms with E-state index in [1.165, 1.54) is 6.20 Å². The molecule has 1 rings (SSSR count). The SMILES string of the molecule is CCCCNC(=O)/C(C#N)=C\NCc1ccccc1Cl. The highest BCUT2D eigenvalue weighted by atomic mass is 35.5. The Morgan fingerprint density at radius 1 is 1.45 bits per heavy atom. The average molecular weight is 292 g/mol. The Morgan fingerprint density at radius 3 is 2.85 bits per heavy atom. The highest BCUT2D eigenvalue weighted by molar-refractivity contribution is 6.31. The molecule has 1 aromatic carbocycles. The number of carbonyl (C=O) groups excluding carboxylic acids is 1. The van der Waals surface area contributed by atoms with Crippen molar-refractivity contribution < 1.29 is 4.79 Å². The van der Waals surface area contributed by atoms with E-state index in [-0.39, 0.29) is 11.5 Å². The molecule has 0 spiro atoms. The second-order valence-corrected chi connectivity index (χ2v) is 4.66. The predicted molar refractivity (Wildman–Crippen MR) is 79.9 cm³/mol. The molecule has 0 unspecified atom stereocenters. The number of nitrogens with one attached hydrogen (secondary N) is 2. The van der Waals surface area contributed by atoms with Crippen LogP contribution in [0.25, 0.3) is 0 Å². The molecule has 0 saturated heterocycles. The Balaban J connectivity index is 2.52. The number of nitriles is 1. The minimum atomic E-state index is -0.354. The molecule has 0 aliphatic rings. The van der Waals surface area contributed by atoms with Crippen molar-refractivity contribution in [2.45, 2.75) is 26.3 Å². The fraction of sp³-hybridized carbons (Fsp3) is 0.333. The zero-order chi connectivity index (χ0) is 14.8. The maximum atomic E-state index is 11.7. The molecule has 5 heteroatoms. The van der Waals surface area contributed by atoms with Gasteiger partial charge in [-0.1, -0.05) is 43.1 Å². The summed E-state index contributed by atoms with van der Waals surface area (Å²) in [5.74, 6) is -0.354. The Kier molecular flexibility index (Phi) is 7.23. The molecular formula is C15H18ClN3O. The molecular weight excluding hydrogens is 274 g/mol. The first kappa shape index (κ1) is 16.1. The van der Waals surface area contributed by atoms with Gasteiger partial charge in [0.1, 0.15) is 11.6 Å². The lowest BCUT2D eigenvalue weighted by Crippen LogP contribution is -2.26. The van der Waals surface area contributed by atoms with E-state index in [0.29, 0.717) is 18.1 Å². The number of halogens is 1. The van der Waals surface area contributed by atoms with Crippen LogP contribution in [-0.2, 0) is 11.3 Å². The third-order valence-corrected chi connectivity index (χ3v) is 3.05. The maximum absolute atomic E-state index is 11.7. The van der Waals surface area contributed by atoms with Gasteiger partial charge in [-0.15, -0.1) is 0 Å². The summed E-state index contributed by atoms with van der Waals surface area (Å²) in [5.41, 5.74) is 0.974. The number of rotatable bonds is 7. The first-order valence-corrected chi connectivity index (χ1v) is 6.92. The van der Waals surface area contributed by atoms with E-state index in [4.69, 9.17) is 16.9 Å². The summed E-state index contributed by atoms with van der Waals surface area (Å²) in [6.45, 7) is 3.09. The molecule has 106 valence electrons. The van der Waals surface area contributed by atoms with Gasteiger partial charge in [0.25, 0.3) is 5.91 Å². The fourth-order valence-electron chi connectivity index (χ4n) is 1.53. The van der Waals surface area contributed by atoms with Crippen LogP contribution in [-0.4, -0.2) is 12.5 Å². The smallest absolute Gasteiger partial charge is 0.263 e. The second-order valence-electron chi connectivity index (χ2n) is 4.25. The number of nitrogens with zero attached hydrogens (tertiary/aromatic N) is 1. The average Bonchev–Trinajstić information content (AvgIpc) is 2.45. The first-order chi connectivity index (χ1) is 9.69. The Hall–Kier alpha value is -1.99. The van der Waals surface area contributed by atoms with E-state index in [0.717, 1.165) is 18.4 Å². The number of benzene rings is 1. The number of unbranched alkanes of at least 4 members (excludes halogenated alkanes) is 1. The van der Waals surface area contributed by atoms with E-state index in [2.05, 4.69) is 10.6 Å². The summed E-state index contributed by atoms with van der Waals surface area (Å²) < 4.78 is 0. The second kappa shape index (κ2) is 9.00. The highest BCUT2D eigenvalue weighted by Gasteiger charge is 2.07. The highest BCUT2D eigenvalue weighted by Crippen LogP contribution is 2.14. The van der Waals surface area contributed by atoms with Crippen molar-refractivity contribution >= 4 is 17.5 Å². The van der Waals surface area contributed by atoms with Gasteiger partial charge < -0.3 is 10.6 Å². The molecule has 0 fully saturated rings. The largest absolute Gasteiger partial charge is 0.386 e. The summed E-state index contributed by atoms with van der Waals surface area (Å²) in [7, 11) is 0. The van der Waals surface area contributed by atoms with Gasteiger partial charge in [0, 0.05) is 24.3 Å². The van der Waals surface area contributed by atoms with Crippen LogP contribution in [0.5, 0.6) is 0 Å². The molecule has 0 radical (unpaired) electrons. The zero-order valence-corrected chi connectivity index (χ0v) is 12.2. The van der Waals surface area contributed by atoms with E-state index in [1.807, 2.05) is 31.2 Å². The molecule has 0 heterocycles. The number of hydrogen-bond donors (Lipinski definition) is 2. The van der Waals surface area contributed by atoms with Gasteiger partial charge in [0.15, 0.2) is 0 Å². The normalized spacial score (nSPS) is 10.8. The topological polar surface area (TPSA) is 64.9 Å². The van der Waals surface area contributed by atoms with Crippen LogP contribution in [0.4, 0.5) is 0 Å². The van der Waals surface area contributed by atoms with Crippen LogP contribution < -0.4 is 10.6 Å². The Bertz CT molecular complexity index is 520. The van der Waals surface area contributed by atoms with Crippen LogP contribution in [0.3, 0.4) is 0 Å². The van der Waals surface area contributed by atoms with Crippen molar-refractivity contribution in [2.75, 3.05) is 6.54 Å². The Morgan fingerprint density at radius 2 is 2.20 bits per heavy atom.